The minimum atomic E-state index is -5.32. The lowest BCUT2D eigenvalue weighted by Gasteiger charge is -2.30. The number of benzene rings is 3. The van der Waals surface area contributed by atoms with Crippen molar-refractivity contribution in [3.63, 3.8) is 0 Å². The van der Waals surface area contributed by atoms with Crippen LogP contribution in [0.5, 0.6) is 0 Å². The summed E-state index contributed by atoms with van der Waals surface area (Å²) in [5.41, 5.74) is -1.46. The number of amides is 2. The van der Waals surface area contributed by atoms with E-state index in [1.807, 2.05) is 0 Å². The third kappa shape index (κ3) is 6.10. The molecular formula is C26H17ClF9N3O3. The van der Waals surface area contributed by atoms with Crippen LogP contribution < -0.4 is 11.1 Å². The highest BCUT2D eigenvalue weighted by Crippen LogP contribution is 2.50. The minimum Gasteiger partial charge on any atom is -0.374 e. The van der Waals surface area contributed by atoms with E-state index in [0.29, 0.717) is 12.1 Å². The number of hydrogen-bond acceptors (Lipinski definition) is 4. The number of fused-ring (bicyclic) bond motifs is 1. The normalized spacial score (nSPS) is 17.6. The van der Waals surface area contributed by atoms with Gasteiger partial charge in [0, 0.05) is 22.6 Å². The topological polar surface area (TPSA) is 93.8 Å². The first-order valence-electron chi connectivity index (χ1n) is 11.7. The van der Waals surface area contributed by atoms with Crippen LogP contribution in [0.4, 0.5) is 39.5 Å². The molecule has 0 bridgehead atoms. The molecule has 1 aliphatic heterocycles. The molecule has 0 fully saturated rings. The quantitative estimate of drug-likeness (QED) is 0.310. The number of halogens is 10. The van der Waals surface area contributed by atoms with Gasteiger partial charge >= 0.3 is 18.5 Å². The van der Waals surface area contributed by atoms with Gasteiger partial charge in [0.25, 0.3) is 5.60 Å². The molecule has 224 valence electrons. The monoisotopic (exact) mass is 625 g/mol. The number of nitrogens with zero attached hydrogens (tertiary/aromatic N) is 1. The summed E-state index contributed by atoms with van der Waals surface area (Å²) in [6, 6.07) is 8.01. The molecule has 0 saturated heterocycles. The van der Waals surface area contributed by atoms with E-state index in [1.165, 1.54) is 24.3 Å². The van der Waals surface area contributed by atoms with Gasteiger partial charge in [0.2, 0.25) is 11.8 Å². The van der Waals surface area contributed by atoms with E-state index in [4.69, 9.17) is 22.2 Å². The van der Waals surface area contributed by atoms with Crippen LogP contribution in [0.3, 0.4) is 0 Å². The molecule has 0 saturated carbocycles. The fraction of sp³-hybridized carbons (Fsp3) is 0.269. The Morgan fingerprint density at radius 2 is 1.62 bits per heavy atom. The Labute approximate surface area is 235 Å². The molecule has 3 aromatic carbocycles. The first-order chi connectivity index (χ1) is 19.3. The number of primary amides is 1. The van der Waals surface area contributed by atoms with Crippen LogP contribution in [-0.2, 0) is 27.8 Å². The Balaban J connectivity index is 1.85. The smallest absolute Gasteiger partial charge is 0.374 e. The van der Waals surface area contributed by atoms with Crippen LogP contribution in [-0.4, -0.2) is 36.4 Å². The van der Waals surface area contributed by atoms with E-state index in [0.717, 1.165) is 6.07 Å². The van der Waals surface area contributed by atoms with Gasteiger partial charge < -0.3 is 15.9 Å². The Hall–Kier alpha value is -4.01. The van der Waals surface area contributed by atoms with E-state index in [2.05, 4.69) is 5.16 Å². The van der Waals surface area contributed by atoms with Gasteiger partial charge in [-0.1, -0.05) is 41.0 Å². The van der Waals surface area contributed by atoms with Gasteiger partial charge in [0.15, 0.2) is 0 Å². The molecule has 6 nitrogen and oxygen atoms in total. The number of alkyl halides is 9. The van der Waals surface area contributed by atoms with Gasteiger partial charge in [-0.05, 0) is 40.6 Å². The summed E-state index contributed by atoms with van der Waals surface area (Å²) in [6.07, 6.45) is -17.1. The third-order valence-corrected chi connectivity index (χ3v) is 6.62. The Bertz CT molecular complexity index is 1600. The summed E-state index contributed by atoms with van der Waals surface area (Å²) in [5, 5.41) is 4.66. The number of nitrogens with two attached hydrogens (primary N) is 1. The maximum Gasteiger partial charge on any atom is 0.435 e. The second kappa shape index (κ2) is 10.7. The highest BCUT2D eigenvalue weighted by Gasteiger charge is 2.62. The van der Waals surface area contributed by atoms with Crippen molar-refractivity contribution in [2.24, 2.45) is 10.9 Å². The summed E-state index contributed by atoms with van der Waals surface area (Å²) in [7, 11) is 0. The lowest BCUT2D eigenvalue weighted by atomic mass is 9.83. The fourth-order valence-corrected chi connectivity index (χ4v) is 4.81. The van der Waals surface area contributed by atoms with Crippen molar-refractivity contribution in [2.75, 3.05) is 6.54 Å². The maximum atomic E-state index is 14.5. The second-order valence-corrected chi connectivity index (χ2v) is 9.73. The van der Waals surface area contributed by atoms with Crippen LogP contribution in [0.1, 0.15) is 39.0 Å². The van der Waals surface area contributed by atoms with Crippen molar-refractivity contribution in [2.45, 2.75) is 37.0 Å². The van der Waals surface area contributed by atoms with Crippen molar-refractivity contribution in [1.82, 2.24) is 5.32 Å². The van der Waals surface area contributed by atoms with Gasteiger partial charge in [0.1, 0.15) is 6.54 Å². The molecule has 0 aromatic heterocycles. The molecule has 1 aliphatic rings. The number of hydrogen-bond donors (Lipinski definition) is 2. The van der Waals surface area contributed by atoms with Gasteiger partial charge in [-0.15, -0.1) is 0 Å². The van der Waals surface area contributed by atoms with Gasteiger partial charge in [-0.25, -0.2) is 0 Å². The van der Waals surface area contributed by atoms with E-state index in [1.54, 1.807) is 5.32 Å². The maximum absolute atomic E-state index is 14.5. The Kier molecular flexibility index (Phi) is 7.86. The van der Waals surface area contributed by atoms with Crippen molar-refractivity contribution in [3.05, 3.63) is 81.4 Å². The molecule has 0 spiro atoms. The molecule has 0 radical (unpaired) electrons. The standard InChI is InChI=1S/C26H17ClF9N3O3/c27-15-8-13(7-14(9-15)25(31,32)33)23(26(34,35)36)10-19(39-42-23)18-5-12(6-20(40)38-11-24(28,29)30)21(22(37)41)17-4-2-1-3-16(17)18/h1-5,7-9H,6,10-11H2,(H2,37,41)(H,38,40). The minimum absolute atomic E-state index is 0.0374. The van der Waals surface area contributed by atoms with Crippen molar-refractivity contribution in [1.29, 1.82) is 0 Å². The SMILES string of the molecule is NC(=O)c1c(CC(=O)NCC(F)(F)F)cc(C2=NOC(c3cc(Cl)cc(C(F)(F)F)c3)(C(F)(F)F)C2)c2ccccc12. The third-order valence-electron chi connectivity index (χ3n) is 6.40. The summed E-state index contributed by atoms with van der Waals surface area (Å²) < 4.78 is 122. The van der Waals surface area contributed by atoms with E-state index >= 15 is 0 Å². The highest BCUT2D eigenvalue weighted by molar-refractivity contribution is 6.30. The molecule has 0 aliphatic carbocycles. The van der Waals surface area contributed by atoms with Crippen molar-refractivity contribution >= 4 is 39.9 Å². The number of nitrogens with one attached hydrogen (secondary N) is 1. The zero-order valence-corrected chi connectivity index (χ0v) is 21.5. The molecule has 1 heterocycles. The lowest BCUT2D eigenvalue weighted by Crippen LogP contribution is -2.43. The predicted octanol–water partition coefficient (Wildman–Crippen LogP) is 6.41. The summed E-state index contributed by atoms with van der Waals surface area (Å²) in [5.74, 6) is -2.26. The predicted molar refractivity (Wildman–Crippen MR) is 132 cm³/mol. The van der Waals surface area contributed by atoms with Crippen LogP contribution >= 0.6 is 11.6 Å². The number of carbonyl (C=O) groups is 2. The second-order valence-electron chi connectivity index (χ2n) is 9.29. The molecule has 1 unspecified atom stereocenters. The molecule has 16 heteroatoms. The van der Waals surface area contributed by atoms with Crippen molar-refractivity contribution < 1.29 is 53.9 Å². The zero-order valence-electron chi connectivity index (χ0n) is 20.8. The average molecular weight is 626 g/mol. The van der Waals surface area contributed by atoms with Gasteiger partial charge in [-0.3, -0.25) is 9.59 Å². The van der Waals surface area contributed by atoms with Crippen LogP contribution in [0.15, 0.2) is 53.7 Å². The average Bonchev–Trinajstić information content (AvgIpc) is 3.32. The molecule has 2 amide bonds. The van der Waals surface area contributed by atoms with E-state index in [9.17, 15) is 49.1 Å². The van der Waals surface area contributed by atoms with Gasteiger partial charge in [0.05, 0.1) is 23.3 Å². The van der Waals surface area contributed by atoms with Crippen LogP contribution in [0.25, 0.3) is 10.8 Å². The lowest BCUT2D eigenvalue weighted by molar-refractivity contribution is -0.276. The largest absolute Gasteiger partial charge is 0.435 e. The zero-order chi connectivity index (χ0) is 31.3. The molecular weight excluding hydrogens is 609 g/mol. The van der Waals surface area contributed by atoms with Gasteiger partial charge in [-0.2, -0.15) is 39.5 Å². The van der Waals surface area contributed by atoms with Crippen molar-refractivity contribution in [3.8, 4) is 0 Å². The molecule has 3 aromatic rings. The first-order valence-corrected chi connectivity index (χ1v) is 12.1. The molecule has 42 heavy (non-hydrogen) atoms. The van der Waals surface area contributed by atoms with Crippen LogP contribution in [0.2, 0.25) is 5.02 Å². The Morgan fingerprint density at radius 1 is 0.976 bits per heavy atom. The molecule has 4 rings (SSSR count). The Morgan fingerprint density at radius 3 is 2.19 bits per heavy atom. The summed E-state index contributed by atoms with van der Waals surface area (Å²) >= 11 is 5.74. The molecule has 3 N–H and O–H groups in total. The van der Waals surface area contributed by atoms with E-state index < -0.39 is 77.2 Å². The highest BCUT2D eigenvalue weighted by atomic mass is 35.5. The summed E-state index contributed by atoms with van der Waals surface area (Å²) in [6.45, 7) is -1.69. The fourth-order valence-electron chi connectivity index (χ4n) is 4.57. The van der Waals surface area contributed by atoms with Crippen LogP contribution in [0, 0.1) is 0 Å². The number of carbonyl (C=O) groups excluding carboxylic acids is 2. The number of rotatable bonds is 6. The molecule has 1 atom stereocenters. The first kappa shape index (κ1) is 30.9. The number of oxime groups is 1. The summed E-state index contributed by atoms with van der Waals surface area (Å²) in [4.78, 5) is 29.5. The van der Waals surface area contributed by atoms with E-state index in [-0.39, 0.29) is 33.5 Å².